The van der Waals surface area contributed by atoms with Crippen molar-refractivity contribution in [1.82, 2.24) is 0 Å². The Morgan fingerprint density at radius 3 is 2.08 bits per heavy atom. The monoisotopic (exact) mass is 208 g/mol. The summed E-state index contributed by atoms with van der Waals surface area (Å²) in [6.07, 6.45) is 2.12. The van der Waals surface area contributed by atoms with Gasteiger partial charge in [0.15, 0.2) is 0 Å². The third-order valence-corrected chi connectivity index (χ3v) is 3.41. The standard InChI is InChI=1S/C9H21O3P/c1-5-9(6-2)8-12-13(4,10)11-7-3/h9H,5-8H2,1-4H3. The van der Waals surface area contributed by atoms with E-state index in [2.05, 4.69) is 13.8 Å². The first-order valence-corrected chi connectivity index (χ1v) is 6.91. The summed E-state index contributed by atoms with van der Waals surface area (Å²) in [4.78, 5) is 0. The fourth-order valence-electron chi connectivity index (χ4n) is 1.04. The molecule has 0 aromatic carbocycles. The molecule has 0 N–H and O–H groups in total. The van der Waals surface area contributed by atoms with Crippen molar-refractivity contribution < 1.29 is 13.6 Å². The van der Waals surface area contributed by atoms with Gasteiger partial charge in [0.1, 0.15) is 0 Å². The second-order valence-corrected chi connectivity index (χ2v) is 5.23. The summed E-state index contributed by atoms with van der Waals surface area (Å²) in [5.41, 5.74) is 0. The van der Waals surface area contributed by atoms with Crippen LogP contribution < -0.4 is 0 Å². The maximum atomic E-state index is 11.5. The summed E-state index contributed by atoms with van der Waals surface area (Å²) >= 11 is 0. The van der Waals surface area contributed by atoms with Crippen molar-refractivity contribution in [2.45, 2.75) is 33.6 Å². The van der Waals surface area contributed by atoms with Crippen molar-refractivity contribution in [3.05, 3.63) is 0 Å². The van der Waals surface area contributed by atoms with Gasteiger partial charge < -0.3 is 9.05 Å². The van der Waals surface area contributed by atoms with Crippen molar-refractivity contribution in [2.24, 2.45) is 5.92 Å². The lowest BCUT2D eigenvalue weighted by atomic mass is 10.1. The first kappa shape index (κ1) is 13.2. The predicted molar refractivity (Wildman–Crippen MR) is 55.2 cm³/mol. The first-order valence-electron chi connectivity index (χ1n) is 4.92. The Kier molecular flexibility index (Phi) is 6.66. The maximum Gasteiger partial charge on any atom is 0.327 e. The molecule has 0 heterocycles. The van der Waals surface area contributed by atoms with Gasteiger partial charge >= 0.3 is 7.60 Å². The molecule has 0 aromatic heterocycles. The van der Waals surface area contributed by atoms with Gasteiger partial charge in [-0.2, -0.15) is 0 Å². The van der Waals surface area contributed by atoms with Crippen LogP contribution in [0.2, 0.25) is 0 Å². The topological polar surface area (TPSA) is 35.5 Å². The van der Waals surface area contributed by atoms with Crippen LogP contribution in [-0.2, 0) is 13.6 Å². The summed E-state index contributed by atoms with van der Waals surface area (Å²) in [5, 5.41) is 0. The lowest BCUT2D eigenvalue weighted by Gasteiger charge is -2.17. The highest BCUT2D eigenvalue weighted by Crippen LogP contribution is 2.44. The lowest BCUT2D eigenvalue weighted by molar-refractivity contribution is 0.183. The van der Waals surface area contributed by atoms with Crippen LogP contribution in [0.5, 0.6) is 0 Å². The van der Waals surface area contributed by atoms with Crippen molar-refractivity contribution in [3.8, 4) is 0 Å². The van der Waals surface area contributed by atoms with Gasteiger partial charge in [0.2, 0.25) is 0 Å². The van der Waals surface area contributed by atoms with E-state index in [0.29, 0.717) is 19.1 Å². The highest BCUT2D eigenvalue weighted by molar-refractivity contribution is 7.52. The molecule has 0 bridgehead atoms. The van der Waals surface area contributed by atoms with E-state index in [1.54, 1.807) is 0 Å². The van der Waals surface area contributed by atoms with Crippen LogP contribution >= 0.6 is 7.60 Å². The summed E-state index contributed by atoms with van der Waals surface area (Å²) in [5.74, 6) is 0.494. The van der Waals surface area contributed by atoms with Gasteiger partial charge in [-0.1, -0.05) is 26.7 Å². The molecule has 0 aliphatic heterocycles. The smallest absolute Gasteiger partial charge is 0.309 e. The van der Waals surface area contributed by atoms with E-state index in [4.69, 9.17) is 9.05 Å². The minimum Gasteiger partial charge on any atom is -0.309 e. The molecule has 0 aliphatic rings. The van der Waals surface area contributed by atoms with E-state index in [-0.39, 0.29) is 0 Å². The molecule has 0 saturated heterocycles. The largest absolute Gasteiger partial charge is 0.327 e. The molecule has 0 rings (SSSR count). The van der Waals surface area contributed by atoms with Crippen LogP contribution in [0, 0.1) is 5.92 Å². The van der Waals surface area contributed by atoms with Crippen LogP contribution in [0.25, 0.3) is 0 Å². The fraction of sp³-hybridized carbons (Fsp3) is 1.00. The Hall–Kier alpha value is 0.150. The Bertz CT molecular complexity index is 166. The SMILES string of the molecule is CCOP(C)(=O)OCC(CC)CC. The molecule has 0 aromatic rings. The van der Waals surface area contributed by atoms with Gasteiger partial charge in [-0.3, -0.25) is 4.57 Å². The predicted octanol–water partition coefficient (Wildman–Crippen LogP) is 3.30. The van der Waals surface area contributed by atoms with Gasteiger partial charge in [-0.05, 0) is 12.8 Å². The zero-order valence-corrected chi connectivity index (χ0v) is 9.97. The average Bonchev–Trinajstić information content (AvgIpc) is 2.06. The fourth-order valence-corrected chi connectivity index (χ4v) is 2.06. The molecule has 0 spiro atoms. The van der Waals surface area contributed by atoms with Gasteiger partial charge in [0, 0.05) is 6.66 Å². The van der Waals surface area contributed by atoms with E-state index in [1.165, 1.54) is 6.66 Å². The molecule has 13 heavy (non-hydrogen) atoms. The average molecular weight is 208 g/mol. The first-order chi connectivity index (χ1) is 6.05. The summed E-state index contributed by atoms with van der Waals surface area (Å²) in [7, 11) is -2.77. The summed E-state index contributed by atoms with van der Waals surface area (Å²) in [6.45, 7) is 8.55. The third kappa shape index (κ3) is 6.25. The van der Waals surface area contributed by atoms with E-state index < -0.39 is 7.60 Å². The third-order valence-electron chi connectivity index (χ3n) is 2.06. The molecule has 80 valence electrons. The highest BCUT2D eigenvalue weighted by Gasteiger charge is 2.17. The quantitative estimate of drug-likeness (QED) is 0.602. The van der Waals surface area contributed by atoms with E-state index >= 15 is 0 Å². The molecule has 0 amide bonds. The Balaban J connectivity index is 3.78. The minimum absolute atomic E-state index is 0.441. The van der Waals surface area contributed by atoms with Crippen molar-refractivity contribution in [1.29, 1.82) is 0 Å². The number of hydrogen-bond acceptors (Lipinski definition) is 3. The van der Waals surface area contributed by atoms with Crippen molar-refractivity contribution >= 4 is 7.60 Å². The van der Waals surface area contributed by atoms with Gasteiger partial charge in [0.05, 0.1) is 13.2 Å². The van der Waals surface area contributed by atoms with Crippen molar-refractivity contribution in [3.63, 3.8) is 0 Å². The normalized spacial score (nSPS) is 16.1. The van der Waals surface area contributed by atoms with Gasteiger partial charge in [-0.15, -0.1) is 0 Å². The van der Waals surface area contributed by atoms with Crippen LogP contribution in [0.15, 0.2) is 0 Å². The minimum atomic E-state index is -2.77. The van der Waals surface area contributed by atoms with Gasteiger partial charge in [-0.25, -0.2) is 0 Å². The lowest BCUT2D eigenvalue weighted by Crippen LogP contribution is -2.07. The summed E-state index contributed by atoms with van der Waals surface area (Å²) in [6, 6.07) is 0. The maximum absolute atomic E-state index is 11.5. The molecular weight excluding hydrogens is 187 g/mol. The second-order valence-electron chi connectivity index (χ2n) is 3.17. The Labute approximate surface area is 81.3 Å². The molecule has 4 heteroatoms. The zero-order valence-electron chi connectivity index (χ0n) is 9.08. The second kappa shape index (κ2) is 6.58. The molecule has 3 nitrogen and oxygen atoms in total. The van der Waals surface area contributed by atoms with E-state index in [1.807, 2.05) is 6.92 Å². The zero-order chi connectivity index (χ0) is 10.3. The van der Waals surface area contributed by atoms with Crippen LogP contribution in [0.3, 0.4) is 0 Å². The van der Waals surface area contributed by atoms with Crippen molar-refractivity contribution in [2.75, 3.05) is 19.9 Å². The van der Waals surface area contributed by atoms with Crippen LogP contribution in [-0.4, -0.2) is 19.9 Å². The Morgan fingerprint density at radius 2 is 1.69 bits per heavy atom. The van der Waals surface area contributed by atoms with E-state index in [9.17, 15) is 4.57 Å². The number of rotatable bonds is 7. The molecule has 0 fully saturated rings. The molecule has 0 saturated carbocycles. The van der Waals surface area contributed by atoms with E-state index in [0.717, 1.165) is 12.8 Å². The van der Waals surface area contributed by atoms with Crippen LogP contribution in [0.4, 0.5) is 0 Å². The molecular formula is C9H21O3P. The summed E-state index contributed by atoms with van der Waals surface area (Å²) < 4.78 is 21.8. The molecule has 1 atom stereocenters. The highest BCUT2D eigenvalue weighted by atomic mass is 31.2. The Morgan fingerprint density at radius 1 is 1.15 bits per heavy atom. The number of hydrogen-bond donors (Lipinski definition) is 0. The van der Waals surface area contributed by atoms with Gasteiger partial charge in [0.25, 0.3) is 0 Å². The molecule has 1 unspecified atom stereocenters. The van der Waals surface area contributed by atoms with Crippen LogP contribution in [0.1, 0.15) is 33.6 Å². The molecule has 0 aliphatic carbocycles. The molecule has 0 radical (unpaired) electrons.